The largest absolute Gasteiger partial charge is 0.376 e. The van der Waals surface area contributed by atoms with Crippen molar-refractivity contribution in [3.63, 3.8) is 0 Å². The number of para-hydroxylation sites is 1. The van der Waals surface area contributed by atoms with Crippen LogP contribution in [-0.4, -0.2) is 15.3 Å². The van der Waals surface area contributed by atoms with E-state index in [0.717, 1.165) is 28.3 Å². The van der Waals surface area contributed by atoms with E-state index in [1.54, 1.807) is 0 Å². The van der Waals surface area contributed by atoms with Crippen molar-refractivity contribution in [2.24, 2.45) is 0 Å². The maximum Gasteiger partial charge on any atom is 0.177 e. The molecular formula is C26H23N3O. The number of carbonyl (C=O) groups excluding carboxylic acids is 1. The van der Waals surface area contributed by atoms with Crippen LogP contribution in [0.15, 0.2) is 91.1 Å². The van der Waals surface area contributed by atoms with Gasteiger partial charge in [-0.15, -0.1) is 0 Å². The number of nitrogens with one attached hydrogen (secondary N) is 1. The monoisotopic (exact) mass is 393 g/mol. The van der Waals surface area contributed by atoms with E-state index in [1.165, 1.54) is 5.56 Å². The number of hydrogen-bond donors (Lipinski definition) is 1. The Morgan fingerprint density at radius 1 is 0.900 bits per heavy atom. The van der Waals surface area contributed by atoms with Gasteiger partial charge in [-0.3, -0.25) is 4.79 Å². The van der Waals surface area contributed by atoms with Crippen LogP contribution in [0, 0.1) is 6.92 Å². The second-order valence-corrected chi connectivity index (χ2v) is 7.77. The van der Waals surface area contributed by atoms with Crippen molar-refractivity contribution in [1.82, 2.24) is 9.55 Å². The quantitative estimate of drug-likeness (QED) is 0.507. The van der Waals surface area contributed by atoms with Crippen LogP contribution in [0.3, 0.4) is 0 Å². The predicted molar refractivity (Wildman–Crippen MR) is 119 cm³/mol. The molecule has 148 valence electrons. The highest BCUT2D eigenvalue weighted by molar-refractivity contribution is 6.07. The molecule has 0 saturated carbocycles. The standard InChI is InChI=1S/C26H23N3O/c1-18-16-29(17-19-10-4-2-5-11-19)26(27-18)23-24(20-12-6-3-7-13-20)28-22-15-9-8-14-21(22)25(23)30/h2-16,23-24,28H,17H2,1H3. The number of ketones is 1. The summed E-state index contributed by atoms with van der Waals surface area (Å²) in [4.78, 5) is 18.6. The molecule has 3 aromatic carbocycles. The first-order chi connectivity index (χ1) is 14.7. The zero-order valence-electron chi connectivity index (χ0n) is 16.8. The van der Waals surface area contributed by atoms with Crippen molar-refractivity contribution in [2.75, 3.05) is 5.32 Å². The smallest absolute Gasteiger partial charge is 0.177 e. The summed E-state index contributed by atoms with van der Waals surface area (Å²) >= 11 is 0. The molecule has 0 radical (unpaired) electrons. The molecule has 4 nitrogen and oxygen atoms in total. The summed E-state index contributed by atoms with van der Waals surface area (Å²) in [5.41, 5.74) is 4.78. The Bertz CT molecular complexity index is 1180. The summed E-state index contributed by atoms with van der Waals surface area (Å²) in [6, 6.07) is 28.0. The van der Waals surface area contributed by atoms with Crippen LogP contribution in [-0.2, 0) is 6.54 Å². The molecule has 5 rings (SSSR count). The molecule has 1 aromatic heterocycles. The van der Waals surface area contributed by atoms with Gasteiger partial charge in [0.1, 0.15) is 11.7 Å². The highest BCUT2D eigenvalue weighted by atomic mass is 16.1. The van der Waals surface area contributed by atoms with Gasteiger partial charge >= 0.3 is 0 Å². The minimum atomic E-state index is -0.403. The van der Waals surface area contributed by atoms with Gasteiger partial charge in [0.2, 0.25) is 0 Å². The van der Waals surface area contributed by atoms with E-state index in [4.69, 9.17) is 4.98 Å². The van der Waals surface area contributed by atoms with Crippen LogP contribution < -0.4 is 5.32 Å². The fourth-order valence-electron chi connectivity index (χ4n) is 4.32. The van der Waals surface area contributed by atoms with Gasteiger partial charge in [-0.2, -0.15) is 0 Å². The fourth-order valence-corrected chi connectivity index (χ4v) is 4.32. The van der Waals surface area contributed by atoms with Gasteiger partial charge in [-0.1, -0.05) is 72.8 Å². The average molecular weight is 393 g/mol. The number of benzene rings is 3. The molecule has 2 heterocycles. The minimum Gasteiger partial charge on any atom is -0.376 e. The molecule has 4 heteroatoms. The van der Waals surface area contributed by atoms with E-state index in [0.29, 0.717) is 6.54 Å². The predicted octanol–water partition coefficient (Wildman–Crippen LogP) is 5.37. The van der Waals surface area contributed by atoms with Crippen LogP contribution in [0.1, 0.15) is 45.0 Å². The molecule has 1 aliphatic rings. The molecule has 0 bridgehead atoms. The van der Waals surface area contributed by atoms with Crippen LogP contribution >= 0.6 is 0 Å². The number of carbonyl (C=O) groups is 1. The molecule has 0 saturated heterocycles. The number of hydrogen-bond acceptors (Lipinski definition) is 3. The molecule has 0 spiro atoms. The number of Topliss-reactive ketones (excluding diaryl/α,β-unsaturated/α-hetero) is 1. The van der Waals surface area contributed by atoms with E-state index in [9.17, 15) is 4.79 Å². The highest BCUT2D eigenvalue weighted by Gasteiger charge is 2.40. The van der Waals surface area contributed by atoms with Crippen molar-refractivity contribution in [2.45, 2.75) is 25.4 Å². The molecule has 4 aromatic rings. The van der Waals surface area contributed by atoms with Crippen molar-refractivity contribution >= 4 is 11.5 Å². The highest BCUT2D eigenvalue weighted by Crippen LogP contribution is 2.42. The third kappa shape index (κ3) is 3.30. The summed E-state index contributed by atoms with van der Waals surface area (Å²) in [6.45, 7) is 2.67. The van der Waals surface area contributed by atoms with E-state index < -0.39 is 5.92 Å². The topological polar surface area (TPSA) is 46.9 Å². The Balaban J connectivity index is 1.63. The molecule has 2 atom stereocenters. The van der Waals surface area contributed by atoms with Crippen molar-refractivity contribution in [3.05, 3.63) is 119 Å². The summed E-state index contributed by atoms with van der Waals surface area (Å²) in [5.74, 6) is 0.509. The molecule has 0 amide bonds. The number of rotatable bonds is 4. The molecule has 1 aliphatic heterocycles. The lowest BCUT2D eigenvalue weighted by atomic mass is 9.82. The molecular weight excluding hydrogens is 370 g/mol. The first-order valence-corrected chi connectivity index (χ1v) is 10.2. The van der Waals surface area contributed by atoms with Gasteiger partial charge in [-0.25, -0.2) is 4.98 Å². The van der Waals surface area contributed by atoms with Crippen LogP contribution in [0.2, 0.25) is 0 Å². The number of nitrogens with zero attached hydrogens (tertiary/aromatic N) is 2. The maximum absolute atomic E-state index is 13.7. The molecule has 30 heavy (non-hydrogen) atoms. The van der Waals surface area contributed by atoms with E-state index in [-0.39, 0.29) is 11.8 Å². The van der Waals surface area contributed by atoms with Crippen molar-refractivity contribution < 1.29 is 4.79 Å². The van der Waals surface area contributed by atoms with Crippen molar-refractivity contribution in [3.8, 4) is 0 Å². The number of imidazole rings is 1. The van der Waals surface area contributed by atoms with Gasteiger partial charge in [0.05, 0.1) is 11.7 Å². The summed E-state index contributed by atoms with van der Waals surface area (Å²) in [5, 5.41) is 3.62. The maximum atomic E-state index is 13.7. The van der Waals surface area contributed by atoms with Crippen LogP contribution in [0.5, 0.6) is 0 Å². The average Bonchev–Trinajstić information content (AvgIpc) is 3.14. The molecule has 0 aliphatic carbocycles. The Hall–Kier alpha value is -3.66. The summed E-state index contributed by atoms with van der Waals surface area (Å²) in [7, 11) is 0. The van der Waals surface area contributed by atoms with Gasteiger partial charge < -0.3 is 9.88 Å². The Kier molecular flexibility index (Phi) is 4.68. The van der Waals surface area contributed by atoms with E-state index in [2.05, 4.69) is 34.1 Å². The fraction of sp³-hybridized carbons (Fsp3) is 0.154. The summed E-state index contributed by atoms with van der Waals surface area (Å²) < 4.78 is 2.12. The number of fused-ring (bicyclic) bond motifs is 1. The van der Waals surface area contributed by atoms with Gasteiger partial charge in [0.25, 0.3) is 0 Å². The first-order valence-electron chi connectivity index (χ1n) is 10.2. The van der Waals surface area contributed by atoms with Crippen LogP contribution in [0.25, 0.3) is 0 Å². The zero-order valence-corrected chi connectivity index (χ0v) is 16.8. The second kappa shape index (κ2) is 7.64. The lowest BCUT2D eigenvalue weighted by molar-refractivity contribution is 0.0939. The van der Waals surface area contributed by atoms with Gasteiger partial charge in [-0.05, 0) is 30.2 Å². The third-order valence-electron chi connectivity index (χ3n) is 5.68. The molecule has 0 fully saturated rings. The Labute approximate surface area is 176 Å². The third-order valence-corrected chi connectivity index (χ3v) is 5.68. The van der Waals surface area contributed by atoms with Crippen molar-refractivity contribution in [1.29, 1.82) is 0 Å². The SMILES string of the molecule is Cc1cn(Cc2ccccc2)c(C2C(=O)c3ccccc3NC2c2ccccc2)n1. The van der Waals surface area contributed by atoms with E-state index >= 15 is 0 Å². The van der Waals surface area contributed by atoms with Gasteiger partial charge in [0.15, 0.2) is 5.78 Å². The first kappa shape index (κ1) is 18.4. The normalized spacial score (nSPS) is 18.0. The lowest BCUT2D eigenvalue weighted by Gasteiger charge is -2.34. The lowest BCUT2D eigenvalue weighted by Crippen LogP contribution is -2.33. The van der Waals surface area contributed by atoms with Gasteiger partial charge in [0, 0.05) is 24.0 Å². The van der Waals surface area contributed by atoms with E-state index in [1.807, 2.05) is 73.8 Å². The Morgan fingerprint density at radius 3 is 2.33 bits per heavy atom. The Morgan fingerprint density at radius 2 is 1.57 bits per heavy atom. The molecule has 2 unspecified atom stereocenters. The number of aromatic nitrogens is 2. The second-order valence-electron chi connectivity index (χ2n) is 7.77. The molecule has 1 N–H and O–H groups in total. The summed E-state index contributed by atoms with van der Waals surface area (Å²) in [6.07, 6.45) is 2.04. The minimum absolute atomic E-state index is 0.109. The number of anilines is 1. The zero-order chi connectivity index (χ0) is 20.5. The number of aryl methyl sites for hydroxylation is 1. The van der Waals surface area contributed by atoms with Crippen LogP contribution in [0.4, 0.5) is 5.69 Å².